The van der Waals surface area contributed by atoms with E-state index in [9.17, 15) is 4.79 Å². The van der Waals surface area contributed by atoms with Gasteiger partial charge >= 0.3 is 0 Å². The predicted molar refractivity (Wildman–Crippen MR) is 146 cm³/mol. The standard InChI is InChI=1S/C29H34N4O3S/c1-29(2,20-31-11-15-35-16-12-31)21-7-9-22(10-8-21)33-27-23-5-3-4-6-25(23)37-19-24(27)26(30-33)28(34)32-13-17-36-18-14-32/h3-10H,11-20H2,1-2H3. The molecule has 0 spiro atoms. The summed E-state index contributed by atoms with van der Waals surface area (Å²) in [4.78, 5) is 19.2. The van der Waals surface area contributed by atoms with Crippen LogP contribution in [0.3, 0.4) is 0 Å². The molecule has 4 heterocycles. The van der Waals surface area contributed by atoms with Crippen molar-refractivity contribution in [2.24, 2.45) is 0 Å². The Morgan fingerprint density at radius 2 is 1.62 bits per heavy atom. The molecule has 2 saturated heterocycles. The fourth-order valence-electron chi connectivity index (χ4n) is 5.54. The number of aromatic nitrogens is 2. The molecule has 194 valence electrons. The molecule has 3 aliphatic heterocycles. The van der Waals surface area contributed by atoms with E-state index in [4.69, 9.17) is 14.6 Å². The van der Waals surface area contributed by atoms with Gasteiger partial charge < -0.3 is 14.4 Å². The van der Waals surface area contributed by atoms with Gasteiger partial charge in [-0.25, -0.2) is 4.68 Å². The normalized spacial score (nSPS) is 18.4. The van der Waals surface area contributed by atoms with Crippen LogP contribution in [0.5, 0.6) is 0 Å². The largest absolute Gasteiger partial charge is 0.379 e. The van der Waals surface area contributed by atoms with E-state index in [1.807, 2.05) is 9.58 Å². The van der Waals surface area contributed by atoms with Crippen LogP contribution in [0.15, 0.2) is 53.4 Å². The summed E-state index contributed by atoms with van der Waals surface area (Å²) < 4.78 is 13.0. The van der Waals surface area contributed by atoms with E-state index < -0.39 is 0 Å². The summed E-state index contributed by atoms with van der Waals surface area (Å²) in [5, 5.41) is 4.97. The number of amides is 1. The van der Waals surface area contributed by atoms with Crippen LogP contribution in [0, 0.1) is 0 Å². The van der Waals surface area contributed by atoms with E-state index in [2.05, 4.69) is 67.3 Å². The van der Waals surface area contributed by atoms with Gasteiger partial charge in [-0.15, -0.1) is 11.8 Å². The van der Waals surface area contributed by atoms with Gasteiger partial charge in [0, 0.05) is 59.9 Å². The van der Waals surface area contributed by atoms with Gasteiger partial charge in [0.2, 0.25) is 0 Å². The van der Waals surface area contributed by atoms with Gasteiger partial charge in [0.1, 0.15) is 0 Å². The van der Waals surface area contributed by atoms with Crippen molar-refractivity contribution in [2.75, 3.05) is 59.2 Å². The minimum absolute atomic E-state index is 0.00143. The van der Waals surface area contributed by atoms with Gasteiger partial charge in [-0.05, 0) is 23.8 Å². The quantitative estimate of drug-likeness (QED) is 0.504. The van der Waals surface area contributed by atoms with Crippen LogP contribution in [0.4, 0.5) is 0 Å². The molecule has 3 aromatic rings. The molecule has 1 aromatic heterocycles. The van der Waals surface area contributed by atoms with Crippen LogP contribution in [-0.4, -0.2) is 84.6 Å². The van der Waals surface area contributed by atoms with Crippen molar-refractivity contribution >= 4 is 17.7 Å². The molecular formula is C29H34N4O3S. The molecule has 0 aliphatic carbocycles. The van der Waals surface area contributed by atoms with E-state index in [1.54, 1.807) is 11.8 Å². The summed E-state index contributed by atoms with van der Waals surface area (Å²) in [5.41, 5.74) is 6.05. The van der Waals surface area contributed by atoms with E-state index in [-0.39, 0.29) is 11.3 Å². The molecule has 0 radical (unpaired) electrons. The van der Waals surface area contributed by atoms with Crippen molar-refractivity contribution in [3.63, 3.8) is 0 Å². The maximum Gasteiger partial charge on any atom is 0.274 e. The van der Waals surface area contributed by atoms with Crippen LogP contribution in [0.25, 0.3) is 16.9 Å². The molecular weight excluding hydrogens is 484 g/mol. The zero-order valence-electron chi connectivity index (χ0n) is 21.6. The van der Waals surface area contributed by atoms with Gasteiger partial charge in [-0.1, -0.05) is 44.2 Å². The van der Waals surface area contributed by atoms with Crippen molar-refractivity contribution < 1.29 is 14.3 Å². The summed E-state index contributed by atoms with van der Waals surface area (Å²) in [7, 11) is 0. The maximum atomic E-state index is 13.6. The molecule has 0 atom stereocenters. The average Bonchev–Trinajstić information content (AvgIpc) is 3.34. The Morgan fingerprint density at radius 1 is 0.946 bits per heavy atom. The second-order valence-corrected chi connectivity index (χ2v) is 11.6. The Labute approximate surface area is 222 Å². The van der Waals surface area contributed by atoms with Gasteiger partial charge in [0.15, 0.2) is 5.69 Å². The van der Waals surface area contributed by atoms with Crippen molar-refractivity contribution in [3.8, 4) is 16.9 Å². The number of ether oxygens (including phenoxy) is 2. The van der Waals surface area contributed by atoms with Gasteiger partial charge in [0.25, 0.3) is 5.91 Å². The molecule has 0 unspecified atom stereocenters. The maximum absolute atomic E-state index is 13.6. The van der Waals surface area contributed by atoms with E-state index >= 15 is 0 Å². The number of rotatable bonds is 5. The Kier molecular flexibility index (Phi) is 6.84. The number of nitrogens with zero attached hydrogens (tertiary/aromatic N) is 4. The van der Waals surface area contributed by atoms with Crippen LogP contribution in [0.2, 0.25) is 0 Å². The summed E-state index contributed by atoms with van der Waals surface area (Å²) in [6.45, 7) is 11.6. The highest BCUT2D eigenvalue weighted by Crippen LogP contribution is 2.44. The van der Waals surface area contributed by atoms with E-state index in [1.165, 1.54) is 10.5 Å². The summed E-state index contributed by atoms with van der Waals surface area (Å²) in [5.74, 6) is 0.740. The van der Waals surface area contributed by atoms with Crippen LogP contribution in [-0.2, 0) is 20.6 Å². The highest BCUT2D eigenvalue weighted by Gasteiger charge is 2.32. The fraction of sp³-hybridized carbons (Fsp3) is 0.448. The lowest BCUT2D eigenvalue weighted by Gasteiger charge is -2.35. The second-order valence-electron chi connectivity index (χ2n) is 10.6. The molecule has 2 fully saturated rings. The molecule has 2 aromatic carbocycles. The predicted octanol–water partition coefficient (Wildman–Crippen LogP) is 4.23. The Bertz CT molecular complexity index is 1270. The average molecular weight is 519 g/mol. The Balaban J connectivity index is 1.36. The first-order valence-corrected chi connectivity index (χ1v) is 14.1. The molecule has 6 rings (SSSR count). The number of hydrogen-bond acceptors (Lipinski definition) is 6. The van der Waals surface area contributed by atoms with E-state index in [0.29, 0.717) is 32.0 Å². The van der Waals surface area contributed by atoms with Crippen molar-refractivity contribution in [2.45, 2.75) is 29.9 Å². The number of benzene rings is 2. The van der Waals surface area contributed by atoms with E-state index in [0.717, 1.165) is 61.1 Å². The highest BCUT2D eigenvalue weighted by molar-refractivity contribution is 7.98. The molecule has 0 N–H and O–H groups in total. The highest BCUT2D eigenvalue weighted by atomic mass is 32.2. The molecule has 7 nitrogen and oxygen atoms in total. The van der Waals surface area contributed by atoms with Gasteiger partial charge in [-0.2, -0.15) is 5.10 Å². The third-order valence-electron chi connectivity index (χ3n) is 7.61. The molecule has 0 saturated carbocycles. The minimum atomic E-state index is 0.00143. The lowest BCUT2D eigenvalue weighted by molar-refractivity contribution is 0.0295. The van der Waals surface area contributed by atoms with Gasteiger partial charge in [0.05, 0.1) is 37.8 Å². The van der Waals surface area contributed by atoms with Crippen molar-refractivity contribution in [3.05, 3.63) is 65.4 Å². The Hall–Kier alpha value is -2.65. The summed E-state index contributed by atoms with van der Waals surface area (Å²) in [6.07, 6.45) is 0. The zero-order valence-corrected chi connectivity index (χ0v) is 22.4. The first-order chi connectivity index (χ1) is 18.0. The Morgan fingerprint density at radius 3 is 2.35 bits per heavy atom. The first-order valence-electron chi connectivity index (χ1n) is 13.1. The van der Waals surface area contributed by atoms with Crippen molar-refractivity contribution in [1.29, 1.82) is 0 Å². The summed E-state index contributed by atoms with van der Waals surface area (Å²) in [6, 6.07) is 17.2. The third-order valence-corrected chi connectivity index (χ3v) is 8.71. The summed E-state index contributed by atoms with van der Waals surface area (Å²) >= 11 is 1.78. The van der Waals surface area contributed by atoms with Crippen molar-refractivity contribution in [1.82, 2.24) is 19.6 Å². The first kappa shape index (κ1) is 24.7. The SMILES string of the molecule is CC(C)(CN1CCOCC1)c1ccc(-n2nc(C(=O)N3CCOCC3)c3c2-c2ccccc2SC3)cc1. The molecule has 8 heteroatoms. The molecule has 3 aliphatic rings. The molecule has 37 heavy (non-hydrogen) atoms. The second kappa shape index (κ2) is 10.3. The number of carbonyl (C=O) groups is 1. The molecule has 0 bridgehead atoms. The minimum Gasteiger partial charge on any atom is -0.379 e. The number of fused-ring (bicyclic) bond motifs is 3. The number of carbonyl (C=O) groups excluding carboxylic acids is 1. The number of thioether (sulfide) groups is 1. The lowest BCUT2D eigenvalue weighted by atomic mass is 9.84. The van der Waals surface area contributed by atoms with Crippen LogP contribution < -0.4 is 0 Å². The zero-order chi connectivity index (χ0) is 25.4. The molecule has 1 amide bonds. The fourth-order valence-corrected chi connectivity index (χ4v) is 6.61. The number of hydrogen-bond donors (Lipinski definition) is 0. The number of morpholine rings is 2. The van der Waals surface area contributed by atoms with Crippen LogP contribution in [0.1, 0.15) is 35.5 Å². The van der Waals surface area contributed by atoms with Crippen LogP contribution >= 0.6 is 11.8 Å². The van der Waals surface area contributed by atoms with Gasteiger partial charge in [-0.3, -0.25) is 9.69 Å². The topological polar surface area (TPSA) is 59.8 Å². The monoisotopic (exact) mass is 518 g/mol. The smallest absolute Gasteiger partial charge is 0.274 e. The lowest BCUT2D eigenvalue weighted by Crippen LogP contribution is -2.43. The third kappa shape index (κ3) is 4.83.